The molecule has 9 heteroatoms. The van der Waals surface area contributed by atoms with Crippen molar-refractivity contribution in [1.82, 2.24) is 20.2 Å². The van der Waals surface area contributed by atoms with Crippen molar-refractivity contribution in [2.75, 3.05) is 6.54 Å². The first-order chi connectivity index (χ1) is 13.1. The third-order valence-corrected chi connectivity index (χ3v) is 5.24. The predicted octanol–water partition coefficient (Wildman–Crippen LogP) is 2.51. The molecule has 0 saturated carbocycles. The van der Waals surface area contributed by atoms with Crippen LogP contribution in [0.4, 0.5) is 0 Å². The summed E-state index contributed by atoms with van der Waals surface area (Å²) in [6, 6.07) is 2.91. The fourth-order valence-electron chi connectivity index (χ4n) is 2.45. The van der Waals surface area contributed by atoms with Crippen LogP contribution in [0.3, 0.4) is 0 Å². The van der Waals surface area contributed by atoms with E-state index in [-0.39, 0.29) is 11.8 Å². The zero-order valence-electron chi connectivity index (χ0n) is 14.5. The molecule has 3 rings (SSSR count). The lowest BCUT2D eigenvalue weighted by Crippen LogP contribution is -2.47. The molecular weight excluding hydrogens is 384 g/mol. The lowest BCUT2D eigenvalue weighted by atomic mass is 10.2. The van der Waals surface area contributed by atoms with Crippen molar-refractivity contribution in [1.29, 1.82) is 0 Å². The maximum Gasteiger partial charge on any atom is 0.266 e. The van der Waals surface area contributed by atoms with E-state index >= 15 is 0 Å². The minimum Gasteiger partial charge on any atom is -0.465 e. The molecule has 1 fully saturated rings. The first-order valence-electron chi connectivity index (χ1n) is 8.28. The number of nitrogens with zero attached hydrogens (tertiary/aromatic N) is 2. The first-order valence-corrected chi connectivity index (χ1v) is 9.51. The molecule has 0 spiro atoms. The minimum atomic E-state index is -0.681. The number of hydrogen-bond acceptors (Lipinski definition) is 6. The van der Waals surface area contributed by atoms with E-state index in [9.17, 15) is 9.59 Å². The normalized spacial score (nSPS) is 17.2. The maximum atomic E-state index is 12.6. The van der Waals surface area contributed by atoms with E-state index in [0.717, 1.165) is 5.69 Å². The van der Waals surface area contributed by atoms with Crippen LogP contribution in [0.5, 0.6) is 0 Å². The lowest BCUT2D eigenvalue weighted by molar-refractivity contribution is -0.132. The second-order valence-electron chi connectivity index (χ2n) is 5.74. The monoisotopic (exact) mass is 402 g/mol. The Hall–Kier alpha value is -2.65. The largest absolute Gasteiger partial charge is 0.465 e. The summed E-state index contributed by atoms with van der Waals surface area (Å²) in [7, 11) is 0. The van der Waals surface area contributed by atoms with E-state index < -0.39 is 6.04 Å². The average Bonchev–Trinajstić information content (AvgIpc) is 3.38. The van der Waals surface area contributed by atoms with Gasteiger partial charge in [0.15, 0.2) is 0 Å². The van der Waals surface area contributed by atoms with Crippen LogP contribution in [0, 0.1) is 0 Å². The van der Waals surface area contributed by atoms with Gasteiger partial charge in [0, 0.05) is 24.9 Å². The van der Waals surface area contributed by atoms with E-state index in [1.165, 1.54) is 16.7 Å². The smallest absolute Gasteiger partial charge is 0.266 e. The molecule has 2 aromatic heterocycles. The van der Waals surface area contributed by atoms with Gasteiger partial charge >= 0.3 is 0 Å². The predicted molar refractivity (Wildman–Crippen MR) is 108 cm³/mol. The highest BCUT2D eigenvalue weighted by Gasteiger charge is 2.37. The molecule has 3 heterocycles. The Bertz CT molecular complexity index is 873. The summed E-state index contributed by atoms with van der Waals surface area (Å²) in [5, 5.41) is 2.82. The molecule has 2 amide bonds. The number of furan rings is 1. The van der Waals surface area contributed by atoms with Gasteiger partial charge in [-0.2, -0.15) is 0 Å². The third kappa shape index (κ3) is 4.75. The van der Waals surface area contributed by atoms with E-state index in [2.05, 4.69) is 15.3 Å². The average molecular weight is 403 g/mol. The van der Waals surface area contributed by atoms with Gasteiger partial charge in [-0.25, -0.2) is 4.98 Å². The summed E-state index contributed by atoms with van der Waals surface area (Å²) in [6.45, 7) is 2.11. The standard InChI is InChI=1S/C18H18N4O3S2/c1-12(16(23)20-8-7-13-10-19-11-21-13)22-17(24)15(27-18(22)26)6-2-4-14-5-3-9-25-14/h2-6,9-12H,7-8H2,1H3,(H,19,21)(H,20,23). The zero-order chi connectivity index (χ0) is 19.2. The Balaban J connectivity index is 1.57. The number of hydrogen-bond donors (Lipinski definition) is 2. The highest BCUT2D eigenvalue weighted by atomic mass is 32.2. The molecule has 0 bridgehead atoms. The van der Waals surface area contributed by atoms with E-state index in [1.807, 2.05) is 6.07 Å². The molecule has 1 atom stereocenters. The summed E-state index contributed by atoms with van der Waals surface area (Å²) in [4.78, 5) is 33.7. The molecule has 0 aromatic carbocycles. The number of imidazole rings is 1. The van der Waals surface area contributed by atoms with Crippen LogP contribution >= 0.6 is 24.0 Å². The van der Waals surface area contributed by atoms with Gasteiger partial charge in [-0.15, -0.1) is 0 Å². The Labute approximate surface area is 165 Å². The Morgan fingerprint density at radius 1 is 1.56 bits per heavy atom. The fraction of sp³-hybridized carbons (Fsp3) is 0.222. The molecule has 0 radical (unpaired) electrons. The quantitative estimate of drug-likeness (QED) is 0.546. The lowest BCUT2D eigenvalue weighted by Gasteiger charge is -2.22. The number of carbonyl (C=O) groups excluding carboxylic acids is 2. The number of nitrogens with one attached hydrogen (secondary N) is 2. The van der Waals surface area contributed by atoms with Gasteiger partial charge in [0.25, 0.3) is 5.91 Å². The molecule has 1 unspecified atom stereocenters. The van der Waals surface area contributed by atoms with Crippen LogP contribution in [0.25, 0.3) is 6.08 Å². The summed E-state index contributed by atoms with van der Waals surface area (Å²) < 4.78 is 5.57. The van der Waals surface area contributed by atoms with E-state index in [0.29, 0.717) is 28.0 Å². The van der Waals surface area contributed by atoms with Crippen LogP contribution in [0.15, 0.2) is 52.4 Å². The SMILES string of the molecule is CC(C(=O)NCCc1cnc[nH]1)N1C(=O)C(=CC=Cc2ccco2)SC1=S. The molecule has 7 nitrogen and oxygen atoms in total. The van der Waals surface area contributed by atoms with Crippen molar-refractivity contribution in [3.63, 3.8) is 0 Å². The molecule has 27 heavy (non-hydrogen) atoms. The number of carbonyl (C=O) groups is 2. The number of allylic oxidation sites excluding steroid dienone is 2. The number of aromatic nitrogens is 2. The van der Waals surface area contributed by atoms with Gasteiger partial charge in [0.2, 0.25) is 5.91 Å². The van der Waals surface area contributed by atoms with Crippen molar-refractivity contribution >= 4 is 46.2 Å². The van der Waals surface area contributed by atoms with Crippen LogP contribution in [-0.4, -0.2) is 43.6 Å². The van der Waals surface area contributed by atoms with Crippen molar-refractivity contribution in [2.24, 2.45) is 0 Å². The van der Waals surface area contributed by atoms with Crippen LogP contribution < -0.4 is 5.32 Å². The zero-order valence-corrected chi connectivity index (χ0v) is 16.2. The summed E-state index contributed by atoms with van der Waals surface area (Å²) in [6.07, 6.45) is 10.6. The van der Waals surface area contributed by atoms with Crippen LogP contribution in [0.2, 0.25) is 0 Å². The fourth-order valence-corrected chi connectivity index (χ4v) is 3.82. The van der Waals surface area contributed by atoms with Crippen molar-refractivity contribution in [2.45, 2.75) is 19.4 Å². The Morgan fingerprint density at radius 2 is 2.41 bits per heavy atom. The minimum absolute atomic E-state index is 0.252. The van der Waals surface area contributed by atoms with Crippen molar-refractivity contribution in [3.8, 4) is 0 Å². The van der Waals surface area contributed by atoms with Crippen molar-refractivity contribution in [3.05, 3.63) is 59.4 Å². The molecule has 1 aliphatic heterocycles. The maximum absolute atomic E-state index is 12.6. The number of rotatable bonds is 7. The van der Waals surface area contributed by atoms with E-state index in [4.69, 9.17) is 16.6 Å². The third-order valence-electron chi connectivity index (χ3n) is 3.89. The summed E-state index contributed by atoms with van der Waals surface area (Å²) in [5.74, 6) is 0.162. The van der Waals surface area contributed by atoms with E-state index in [1.54, 1.807) is 50.0 Å². The number of amides is 2. The highest BCUT2D eigenvalue weighted by Crippen LogP contribution is 2.32. The van der Waals surface area contributed by atoms with Crippen LogP contribution in [0.1, 0.15) is 18.4 Å². The van der Waals surface area contributed by atoms with Crippen molar-refractivity contribution < 1.29 is 14.0 Å². The number of thioether (sulfide) groups is 1. The number of thiocarbonyl (C=S) groups is 1. The molecule has 1 saturated heterocycles. The van der Waals surface area contributed by atoms with Gasteiger partial charge in [-0.05, 0) is 31.2 Å². The first kappa shape index (κ1) is 19.1. The number of H-pyrrole nitrogens is 1. The van der Waals surface area contributed by atoms with Crippen LogP contribution in [-0.2, 0) is 16.0 Å². The molecule has 1 aliphatic rings. The van der Waals surface area contributed by atoms with Gasteiger partial charge < -0.3 is 14.7 Å². The second-order valence-corrected chi connectivity index (χ2v) is 7.42. The summed E-state index contributed by atoms with van der Waals surface area (Å²) >= 11 is 6.47. The highest BCUT2D eigenvalue weighted by molar-refractivity contribution is 8.26. The van der Waals surface area contributed by atoms with Gasteiger partial charge in [-0.3, -0.25) is 14.5 Å². The molecule has 140 valence electrons. The number of aromatic amines is 1. The Kier molecular flexibility index (Phi) is 6.25. The van der Waals surface area contributed by atoms with Gasteiger partial charge in [-0.1, -0.05) is 30.1 Å². The molecule has 0 aliphatic carbocycles. The topological polar surface area (TPSA) is 91.2 Å². The second kappa shape index (κ2) is 8.83. The molecule has 2 N–H and O–H groups in total. The molecule has 2 aromatic rings. The molecular formula is C18H18N4O3S2. The van der Waals surface area contributed by atoms with Gasteiger partial charge in [0.05, 0.1) is 17.5 Å². The summed E-state index contributed by atoms with van der Waals surface area (Å²) in [5.41, 5.74) is 0.930. The van der Waals surface area contributed by atoms with Gasteiger partial charge in [0.1, 0.15) is 16.1 Å². The Morgan fingerprint density at radius 3 is 3.11 bits per heavy atom.